The zero-order chi connectivity index (χ0) is 19.0. The van der Waals surface area contributed by atoms with Crippen LogP contribution in [-0.4, -0.2) is 27.7 Å². The molecular weight excluding hydrogens is 340 g/mol. The number of carboxylic acids is 1. The van der Waals surface area contributed by atoms with Gasteiger partial charge in [-0.2, -0.15) is 0 Å². The van der Waals surface area contributed by atoms with Crippen LogP contribution in [0.15, 0.2) is 54.6 Å². The van der Waals surface area contributed by atoms with Gasteiger partial charge in [0.15, 0.2) is 0 Å². The van der Waals surface area contributed by atoms with Crippen molar-refractivity contribution in [1.82, 2.24) is 9.55 Å². The molecule has 5 heteroatoms. The Morgan fingerprint density at radius 2 is 1.85 bits per heavy atom. The van der Waals surface area contributed by atoms with E-state index in [4.69, 9.17) is 4.74 Å². The van der Waals surface area contributed by atoms with Crippen molar-refractivity contribution >= 4 is 27.8 Å². The zero-order valence-electron chi connectivity index (χ0n) is 15.3. The number of aromatic carboxylic acids is 1. The summed E-state index contributed by atoms with van der Waals surface area (Å²) >= 11 is 0. The van der Waals surface area contributed by atoms with Gasteiger partial charge in [0.25, 0.3) is 0 Å². The van der Waals surface area contributed by atoms with Crippen LogP contribution in [0.25, 0.3) is 21.8 Å². The maximum atomic E-state index is 11.5. The summed E-state index contributed by atoms with van der Waals surface area (Å²) in [6.45, 7) is 2.68. The van der Waals surface area contributed by atoms with Gasteiger partial charge >= 0.3 is 5.97 Å². The van der Waals surface area contributed by atoms with Gasteiger partial charge in [-0.3, -0.25) is 0 Å². The van der Waals surface area contributed by atoms with E-state index in [0.717, 1.165) is 38.8 Å². The highest BCUT2D eigenvalue weighted by Gasteiger charge is 2.18. The molecule has 2 aromatic carbocycles. The Balaban J connectivity index is 1.98. The van der Waals surface area contributed by atoms with E-state index >= 15 is 0 Å². The molecule has 0 aliphatic carbocycles. The van der Waals surface area contributed by atoms with E-state index in [1.54, 1.807) is 13.2 Å². The van der Waals surface area contributed by atoms with Crippen molar-refractivity contribution in [1.29, 1.82) is 0 Å². The maximum absolute atomic E-state index is 11.5. The van der Waals surface area contributed by atoms with Crippen molar-refractivity contribution in [3.63, 3.8) is 0 Å². The molecular formula is C22H20N2O3. The van der Waals surface area contributed by atoms with Crippen LogP contribution >= 0.6 is 0 Å². The van der Waals surface area contributed by atoms with Crippen molar-refractivity contribution < 1.29 is 14.6 Å². The minimum atomic E-state index is -1.00. The Bertz CT molecular complexity index is 1140. The monoisotopic (exact) mass is 360 g/mol. The van der Waals surface area contributed by atoms with Crippen molar-refractivity contribution in [3.8, 4) is 5.75 Å². The van der Waals surface area contributed by atoms with E-state index in [9.17, 15) is 9.90 Å². The summed E-state index contributed by atoms with van der Waals surface area (Å²) in [6.07, 6.45) is 0.663. The summed E-state index contributed by atoms with van der Waals surface area (Å²) in [5.74, 6) is -0.179. The summed E-state index contributed by atoms with van der Waals surface area (Å²) in [5, 5.41) is 11.4. The molecule has 0 atom stereocenters. The Morgan fingerprint density at radius 3 is 2.52 bits per heavy atom. The lowest BCUT2D eigenvalue weighted by molar-refractivity contribution is 0.0690. The SMILES string of the molecule is CCc1nc(C(=O)O)cc2c3ccccc3n(Cc3ccc(OC)cc3)c12. The summed E-state index contributed by atoms with van der Waals surface area (Å²) < 4.78 is 7.47. The van der Waals surface area contributed by atoms with Crippen molar-refractivity contribution in [2.75, 3.05) is 7.11 Å². The Hall–Kier alpha value is -3.34. The molecule has 1 N–H and O–H groups in total. The molecule has 0 unspecified atom stereocenters. The fraction of sp³-hybridized carbons (Fsp3) is 0.182. The average Bonchev–Trinajstić information content (AvgIpc) is 3.02. The second-order valence-electron chi connectivity index (χ2n) is 6.46. The average molecular weight is 360 g/mol. The third kappa shape index (κ3) is 2.91. The normalized spacial score (nSPS) is 11.2. The fourth-order valence-corrected chi connectivity index (χ4v) is 3.59. The Labute approximate surface area is 156 Å². The molecule has 0 radical (unpaired) electrons. The molecule has 4 aromatic rings. The fourth-order valence-electron chi connectivity index (χ4n) is 3.59. The number of aryl methyl sites for hydroxylation is 1. The molecule has 0 amide bonds. The highest BCUT2D eigenvalue weighted by molar-refractivity contribution is 6.10. The van der Waals surface area contributed by atoms with Crippen LogP contribution in [0.2, 0.25) is 0 Å². The number of nitrogens with zero attached hydrogens (tertiary/aromatic N) is 2. The molecule has 0 aliphatic rings. The molecule has 27 heavy (non-hydrogen) atoms. The van der Waals surface area contributed by atoms with Gasteiger partial charge in [-0.05, 0) is 36.2 Å². The second kappa shape index (κ2) is 6.76. The smallest absolute Gasteiger partial charge is 0.354 e. The first-order valence-electron chi connectivity index (χ1n) is 8.89. The van der Waals surface area contributed by atoms with Crippen LogP contribution in [0.3, 0.4) is 0 Å². The topological polar surface area (TPSA) is 64.3 Å². The standard InChI is InChI=1S/C22H20N2O3/c1-3-18-21-17(12-19(23-18)22(25)26)16-6-4-5-7-20(16)24(21)13-14-8-10-15(27-2)11-9-14/h4-12H,3,13H2,1-2H3,(H,25,26). The number of methoxy groups -OCH3 is 1. The number of hydrogen-bond donors (Lipinski definition) is 1. The molecule has 0 saturated heterocycles. The number of carboxylic acid groups (broad SMARTS) is 1. The summed E-state index contributed by atoms with van der Waals surface area (Å²) in [7, 11) is 1.65. The predicted molar refractivity (Wildman–Crippen MR) is 106 cm³/mol. The third-order valence-electron chi connectivity index (χ3n) is 4.87. The van der Waals surface area contributed by atoms with Gasteiger partial charge in [0.05, 0.1) is 18.3 Å². The lowest BCUT2D eigenvalue weighted by atomic mass is 10.1. The summed E-state index contributed by atoms with van der Waals surface area (Å²) in [6, 6.07) is 17.8. The third-order valence-corrected chi connectivity index (χ3v) is 4.87. The number of rotatable bonds is 5. The first-order chi connectivity index (χ1) is 13.1. The molecule has 0 bridgehead atoms. The molecule has 4 rings (SSSR count). The molecule has 0 saturated carbocycles. The molecule has 0 aliphatic heterocycles. The van der Waals surface area contributed by atoms with Crippen LogP contribution in [0.1, 0.15) is 28.7 Å². The van der Waals surface area contributed by atoms with Crippen LogP contribution in [0.4, 0.5) is 0 Å². The second-order valence-corrected chi connectivity index (χ2v) is 6.46. The Kier molecular flexibility index (Phi) is 4.28. The highest BCUT2D eigenvalue weighted by Crippen LogP contribution is 2.32. The highest BCUT2D eigenvalue weighted by atomic mass is 16.5. The number of ether oxygens (including phenoxy) is 1. The molecule has 5 nitrogen and oxygen atoms in total. The van der Waals surface area contributed by atoms with Gasteiger partial charge in [0.1, 0.15) is 11.4 Å². The van der Waals surface area contributed by atoms with Gasteiger partial charge < -0.3 is 14.4 Å². The lowest BCUT2D eigenvalue weighted by Crippen LogP contribution is -2.06. The molecule has 2 aromatic heterocycles. The van der Waals surface area contributed by atoms with E-state index in [-0.39, 0.29) is 5.69 Å². The molecule has 2 heterocycles. The minimum Gasteiger partial charge on any atom is -0.497 e. The van der Waals surface area contributed by atoms with Gasteiger partial charge in [0.2, 0.25) is 0 Å². The number of aromatic nitrogens is 2. The minimum absolute atomic E-state index is 0.0895. The van der Waals surface area contributed by atoms with Gasteiger partial charge in [-0.25, -0.2) is 9.78 Å². The van der Waals surface area contributed by atoms with E-state index in [2.05, 4.69) is 15.6 Å². The zero-order valence-corrected chi connectivity index (χ0v) is 15.3. The maximum Gasteiger partial charge on any atom is 0.354 e. The van der Waals surface area contributed by atoms with E-state index < -0.39 is 5.97 Å². The van der Waals surface area contributed by atoms with Crippen LogP contribution in [0, 0.1) is 0 Å². The number of hydrogen-bond acceptors (Lipinski definition) is 3. The first-order valence-corrected chi connectivity index (χ1v) is 8.89. The lowest BCUT2D eigenvalue weighted by Gasteiger charge is -2.11. The number of carbonyl (C=O) groups is 1. The number of para-hydroxylation sites is 1. The van der Waals surface area contributed by atoms with Crippen molar-refractivity contribution in [2.24, 2.45) is 0 Å². The summed E-state index contributed by atoms with van der Waals surface area (Å²) in [4.78, 5) is 15.9. The van der Waals surface area contributed by atoms with Crippen LogP contribution < -0.4 is 4.74 Å². The van der Waals surface area contributed by atoms with E-state index in [0.29, 0.717) is 13.0 Å². The largest absolute Gasteiger partial charge is 0.497 e. The Morgan fingerprint density at radius 1 is 1.11 bits per heavy atom. The van der Waals surface area contributed by atoms with Crippen LogP contribution in [-0.2, 0) is 13.0 Å². The van der Waals surface area contributed by atoms with Gasteiger partial charge in [-0.15, -0.1) is 0 Å². The predicted octanol–water partition coefficient (Wildman–Crippen LogP) is 4.51. The number of benzene rings is 2. The first kappa shape index (κ1) is 17.1. The molecule has 0 spiro atoms. The quantitative estimate of drug-likeness (QED) is 0.569. The van der Waals surface area contributed by atoms with Gasteiger partial charge in [-0.1, -0.05) is 37.3 Å². The number of pyridine rings is 1. The van der Waals surface area contributed by atoms with Gasteiger partial charge in [0, 0.05) is 22.8 Å². The van der Waals surface area contributed by atoms with E-state index in [1.165, 1.54) is 0 Å². The molecule has 136 valence electrons. The van der Waals surface area contributed by atoms with Crippen LogP contribution in [0.5, 0.6) is 5.75 Å². The summed E-state index contributed by atoms with van der Waals surface area (Å²) in [5.41, 5.74) is 4.10. The number of fused-ring (bicyclic) bond motifs is 3. The van der Waals surface area contributed by atoms with E-state index in [1.807, 2.05) is 49.4 Å². The van der Waals surface area contributed by atoms with Crippen molar-refractivity contribution in [3.05, 3.63) is 71.5 Å². The van der Waals surface area contributed by atoms with Crippen molar-refractivity contribution in [2.45, 2.75) is 19.9 Å². The molecule has 0 fully saturated rings.